The number of ether oxygens (including phenoxy) is 1. The Morgan fingerprint density at radius 2 is 1.96 bits per heavy atom. The van der Waals surface area contributed by atoms with Crippen molar-refractivity contribution in [1.82, 2.24) is 24.5 Å². The Labute approximate surface area is 157 Å². The molecule has 0 saturated heterocycles. The molecule has 0 aliphatic carbocycles. The van der Waals surface area contributed by atoms with Crippen LogP contribution in [0.25, 0.3) is 11.4 Å². The number of aryl methyl sites for hydroxylation is 1. The lowest BCUT2D eigenvalue weighted by Gasteiger charge is -2.09. The van der Waals surface area contributed by atoms with Gasteiger partial charge in [-0.15, -0.1) is 0 Å². The van der Waals surface area contributed by atoms with Gasteiger partial charge in [0.2, 0.25) is 5.28 Å². The van der Waals surface area contributed by atoms with Crippen LogP contribution in [0.1, 0.15) is 11.4 Å². The van der Waals surface area contributed by atoms with Gasteiger partial charge in [-0.2, -0.15) is 18.2 Å². The first-order valence-corrected chi connectivity index (χ1v) is 8.02. The Bertz CT molecular complexity index is 942. The van der Waals surface area contributed by atoms with Crippen molar-refractivity contribution in [3.63, 3.8) is 0 Å². The average Bonchev–Trinajstić information content (AvgIpc) is 3.03. The van der Waals surface area contributed by atoms with Gasteiger partial charge in [0, 0.05) is 25.0 Å². The number of hydrogen-bond donors (Lipinski definition) is 1. The van der Waals surface area contributed by atoms with Crippen molar-refractivity contribution in [1.29, 1.82) is 0 Å². The molecule has 1 N–H and O–H groups in total. The van der Waals surface area contributed by atoms with E-state index in [1.165, 1.54) is 31.1 Å². The largest absolute Gasteiger partial charge is 0.491 e. The van der Waals surface area contributed by atoms with E-state index in [1.54, 1.807) is 12.1 Å². The van der Waals surface area contributed by atoms with E-state index in [2.05, 4.69) is 25.3 Å². The van der Waals surface area contributed by atoms with Crippen molar-refractivity contribution in [3.05, 3.63) is 47.4 Å². The topological polar surface area (TPSA) is 77.8 Å². The fraction of sp³-hybridized carbons (Fsp3) is 0.250. The average molecular weight is 399 g/mol. The second-order valence-electron chi connectivity index (χ2n) is 5.51. The molecule has 0 aliphatic rings. The molecule has 27 heavy (non-hydrogen) atoms. The van der Waals surface area contributed by atoms with Gasteiger partial charge in [-0.1, -0.05) is 0 Å². The second kappa shape index (κ2) is 7.39. The zero-order chi connectivity index (χ0) is 19.6. The summed E-state index contributed by atoms with van der Waals surface area (Å²) in [5.74, 6) is 1.00. The molecule has 0 radical (unpaired) electrons. The van der Waals surface area contributed by atoms with Gasteiger partial charge >= 0.3 is 6.18 Å². The van der Waals surface area contributed by atoms with Gasteiger partial charge < -0.3 is 14.6 Å². The predicted octanol–water partition coefficient (Wildman–Crippen LogP) is 3.57. The molecule has 0 spiro atoms. The molecule has 11 heteroatoms. The van der Waals surface area contributed by atoms with Gasteiger partial charge in [-0.05, 0) is 23.7 Å². The minimum absolute atomic E-state index is 0.0665. The molecule has 0 fully saturated rings. The van der Waals surface area contributed by atoms with Crippen LogP contribution in [0, 0.1) is 0 Å². The molecule has 0 aromatic carbocycles. The molecule has 0 unspecified atom stereocenters. The maximum Gasteiger partial charge on any atom is 0.434 e. The lowest BCUT2D eigenvalue weighted by Crippen LogP contribution is -2.06. The summed E-state index contributed by atoms with van der Waals surface area (Å²) in [6, 6.07) is 3.33. The van der Waals surface area contributed by atoms with Crippen LogP contribution in [0.5, 0.6) is 5.75 Å². The molecule has 3 heterocycles. The van der Waals surface area contributed by atoms with E-state index in [9.17, 15) is 13.2 Å². The van der Waals surface area contributed by atoms with Crippen molar-refractivity contribution in [2.24, 2.45) is 7.05 Å². The van der Waals surface area contributed by atoms with Crippen LogP contribution in [0.3, 0.4) is 0 Å². The van der Waals surface area contributed by atoms with Gasteiger partial charge in [0.1, 0.15) is 5.82 Å². The first kappa shape index (κ1) is 18.9. The number of methoxy groups -OCH3 is 1. The molecule has 142 valence electrons. The molecule has 3 aromatic rings. The summed E-state index contributed by atoms with van der Waals surface area (Å²) in [5.41, 5.74) is 0.165. The predicted molar refractivity (Wildman–Crippen MR) is 92.4 cm³/mol. The third-order valence-corrected chi connectivity index (χ3v) is 3.81. The summed E-state index contributed by atoms with van der Waals surface area (Å²) in [5, 5.41) is 3.09. The summed E-state index contributed by atoms with van der Waals surface area (Å²) in [6.07, 6.45) is -0.654. The first-order chi connectivity index (χ1) is 12.8. The number of nitrogens with one attached hydrogen (secondary N) is 1. The number of rotatable bonds is 5. The van der Waals surface area contributed by atoms with Crippen molar-refractivity contribution >= 4 is 17.4 Å². The number of halogens is 4. The SMILES string of the molecule is COc1cnc(Cl)nc1NCc1ccc(-c2nc(C(F)(F)F)cn2C)cn1. The molecular formula is C16H14ClF3N6O. The zero-order valence-electron chi connectivity index (χ0n) is 14.3. The van der Waals surface area contributed by atoms with Crippen molar-refractivity contribution in [3.8, 4) is 17.1 Å². The fourth-order valence-electron chi connectivity index (χ4n) is 2.33. The Kier molecular flexibility index (Phi) is 5.17. The molecule has 0 aliphatic heterocycles. The van der Waals surface area contributed by atoms with Crippen LogP contribution in [0.2, 0.25) is 5.28 Å². The molecule has 0 saturated carbocycles. The van der Waals surface area contributed by atoms with Crippen LogP contribution < -0.4 is 10.1 Å². The van der Waals surface area contributed by atoms with Crippen LogP contribution >= 0.6 is 11.6 Å². The van der Waals surface area contributed by atoms with E-state index < -0.39 is 11.9 Å². The standard InChI is InChI=1S/C16H14ClF3N6O/c1-26-8-12(16(18,19)20)24-14(26)9-3-4-10(21-5-9)6-22-13-11(27-2)7-23-15(17)25-13/h3-5,7-8H,6H2,1-2H3,(H,22,23,25). The third-order valence-electron chi connectivity index (χ3n) is 3.63. The summed E-state index contributed by atoms with van der Waals surface area (Å²) in [6.45, 7) is 0.304. The highest BCUT2D eigenvalue weighted by atomic mass is 35.5. The van der Waals surface area contributed by atoms with Gasteiger partial charge in [-0.3, -0.25) is 4.98 Å². The normalized spacial score (nSPS) is 11.5. The number of imidazole rings is 1. The third kappa shape index (κ3) is 4.27. The Hall–Kier alpha value is -2.88. The number of hydrogen-bond acceptors (Lipinski definition) is 6. The number of nitrogens with zero attached hydrogens (tertiary/aromatic N) is 5. The van der Waals surface area contributed by atoms with E-state index in [1.807, 2.05) is 0 Å². The highest BCUT2D eigenvalue weighted by Gasteiger charge is 2.34. The summed E-state index contributed by atoms with van der Waals surface area (Å²) < 4.78 is 44.8. The van der Waals surface area contributed by atoms with E-state index in [0.29, 0.717) is 29.4 Å². The van der Waals surface area contributed by atoms with Crippen LogP contribution in [0.15, 0.2) is 30.7 Å². The second-order valence-corrected chi connectivity index (χ2v) is 5.84. The molecule has 7 nitrogen and oxygen atoms in total. The molecule has 0 atom stereocenters. The number of anilines is 1. The highest BCUT2D eigenvalue weighted by Crippen LogP contribution is 2.30. The monoisotopic (exact) mass is 398 g/mol. The number of aromatic nitrogens is 5. The summed E-state index contributed by atoms with van der Waals surface area (Å²) >= 11 is 5.77. The van der Waals surface area contributed by atoms with Crippen LogP contribution in [0.4, 0.5) is 19.0 Å². The highest BCUT2D eigenvalue weighted by molar-refractivity contribution is 6.28. The minimum atomic E-state index is -4.49. The van der Waals surface area contributed by atoms with E-state index >= 15 is 0 Å². The van der Waals surface area contributed by atoms with Gasteiger partial charge in [-0.25, -0.2) is 9.97 Å². The van der Waals surface area contributed by atoms with Crippen molar-refractivity contribution in [2.75, 3.05) is 12.4 Å². The fourth-order valence-corrected chi connectivity index (χ4v) is 2.47. The minimum Gasteiger partial charge on any atom is -0.491 e. The van der Waals surface area contributed by atoms with Crippen LogP contribution in [-0.2, 0) is 19.8 Å². The van der Waals surface area contributed by atoms with Crippen LogP contribution in [-0.4, -0.2) is 31.6 Å². The van der Waals surface area contributed by atoms with Crippen molar-refractivity contribution in [2.45, 2.75) is 12.7 Å². The van der Waals surface area contributed by atoms with Crippen molar-refractivity contribution < 1.29 is 17.9 Å². The lowest BCUT2D eigenvalue weighted by molar-refractivity contribution is -0.140. The van der Waals surface area contributed by atoms with E-state index in [-0.39, 0.29) is 11.1 Å². The quantitative estimate of drug-likeness (QED) is 0.662. The number of alkyl halides is 3. The maximum atomic E-state index is 12.8. The Morgan fingerprint density at radius 1 is 1.19 bits per heavy atom. The van der Waals surface area contributed by atoms with E-state index in [0.717, 1.165) is 6.20 Å². The molecule has 0 bridgehead atoms. The van der Waals surface area contributed by atoms with Gasteiger partial charge in [0.15, 0.2) is 17.3 Å². The zero-order valence-corrected chi connectivity index (χ0v) is 15.0. The molecule has 3 aromatic heterocycles. The van der Waals surface area contributed by atoms with Gasteiger partial charge in [0.05, 0.1) is 25.5 Å². The lowest BCUT2D eigenvalue weighted by atomic mass is 10.2. The smallest absolute Gasteiger partial charge is 0.434 e. The summed E-state index contributed by atoms with van der Waals surface area (Å²) in [4.78, 5) is 15.7. The molecule has 0 amide bonds. The van der Waals surface area contributed by atoms with Gasteiger partial charge in [0.25, 0.3) is 0 Å². The van der Waals surface area contributed by atoms with E-state index in [4.69, 9.17) is 16.3 Å². The summed E-state index contributed by atoms with van der Waals surface area (Å²) in [7, 11) is 2.98. The Morgan fingerprint density at radius 3 is 2.56 bits per heavy atom. The molecule has 3 rings (SSSR count). The number of pyridine rings is 1. The first-order valence-electron chi connectivity index (χ1n) is 7.64. The Balaban J connectivity index is 1.75. The molecular weight excluding hydrogens is 385 g/mol. The maximum absolute atomic E-state index is 12.8.